The summed E-state index contributed by atoms with van der Waals surface area (Å²) in [6, 6.07) is 10.7. The number of benzene rings is 2. The van der Waals surface area contributed by atoms with Crippen molar-refractivity contribution in [3.63, 3.8) is 0 Å². The molecule has 1 aliphatic rings. The van der Waals surface area contributed by atoms with E-state index < -0.39 is 23.4 Å². The van der Waals surface area contributed by atoms with E-state index in [1.165, 1.54) is 31.4 Å². The van der Waals surface area contributed by atoms with Crippen LogP contribution in [0, 0.1) is 10.1 Å². The van der Waals surface area contributed by atoms with Crippen molar-refractivity contribution in [3.8, 4) is 5.75 Å². The predicted molar refractivity (Wildman–Crippen MR) is 108 cm³/mol. The molecular weight excluding hydrogens is 394 g/mol. The Kier molecular flexibility index (Phi) is 6.81. The molecule has 0 saturated carbocycles. The second kappa shape index (κ2) is 9.70. The van der Waals surface area contributed by atoms with Gasteiger partial charge in [-0.1, -0.05) is 12.1 Å². The van der Waals surface area contributed by atoms with E-state index in [1.54, 1.807) is 18.2 Å². The Morgan fingerprint density at radius 1 is 1.20 bits per heavy atom. The van der Waals surface area contributed by atoms with Gasteiger partial charge in [0.05, 0.1) is 36.5 Å². The lowest BCUT2D eigenvalue weighted by molar-refractivity contribution is -0.385. The minimum atomic E-state index is -0.583. The summed E-state index contributed by atoms with van der Waals surface area (Å²) in [5.74, 6) is -1.05. The Morgan fingerprint density at radius 3 is 2.63 bits per heavy atom. The van der Waals surface area contributed by atoms with Crippen molar-refractivity contribution < 1.29 is 28.7 Å². The van der Waals surface area contributed by atoms with Crippen LogP contribution in [0.2, 0.25) is 0 Å². The molecule has 1 amide bonds. The van der Waals surface area contributed by atoms with Crippen LogP contribution in [0.4, 0.5) is 17.1 Å². The van der Waals surface area contributed by atoms with Crippen molar-refractivity contribution in [3.05, 3.63) is 58.1 Å². The fourth-order valence-electron chi connectivity index (χ4n) is 3.04. The first kappa shape index (κ1) is 21.1. The molecule has 10 heteroatoms. The van der Waals surface area contributed by atoms with Gasteiger partial charge in [-0.15, -0.1) is 0 Å². The van der Waals surface area contributed by atoms with Gasteiger partial charge in [0, 0.05) is 24.8 Å². The van der Waals surface area contributed by atoms with Crippen LogP contribution >= 0.6 is 0 Å². The normalized spacial score (nSPS) is 13.4. The lowest BCUT2D eigenvalue weighted by Gasteiger charge is -2.30. The molecule has 1 aliphatic heterocycles. The number of carbonyl (C=O) groups is 2. The molecule has 0 atom stereocenters. The second-order valence-corrected chi connectivity index (χ2v) is 6.38. The molecule has 30 heavy (non-hydrogen) atoms. The van der Waals surface area contributed by atoms with Gasteiger partial charge in [0.1, 0.15) is 0 Å². The van der Waals surface area contributed by atoms with Crippen LogP contribution in [0.25, 0.3) is 0 Å². The highest BCUT2D eigenvalue weighted by molar-refractivity contribution is 5.99. The number of nitro groups is 1. The summed E-state index contributed by atoms with van der Waals surface area (Å²) in [4.78, 5) is 36.9. The Morgan fingerprint density at radius 2 is 1.93 bits per heavy atom. The number of para-hydroxylation sites is 2. The number of carbonyl (C=O) groups excluding carboxylic acids is 2. The van der Waals surface area contributed by atoms with Crippen molar-refractivity contribution in [2.75, 3.05) is 50.2 Å². The summed E-state index contributed by atoms with van der Waals surface area (Å²) in [5.41, 5.74) is 1.16. The van der Waals surface area contributed by atoms with Crippen LogP contribution in [0.1, 0.15) is 10.4 Å². The molecule has 0 bridgehead atoms. The average Bonchev–Trinajstić information content (AvgIpc) is 2.77. The Hall–Kier alpha value is -3.66. The maximum atomic E-state index is 12.3. The van der Waals surface area contributed by atoms with Crippen LogP contribution in [0.3, 0.4) is 0 Å². The van der Waals surface area contributed by atoms with E-state index in [9.17, 15) is 19.7 Å². The van der Waals surface area contributed by atoms with Crippen LogP contribution in [-0.2, 0) is 14.3 Å². The molecule has 2 aromatic carbocycles. The van der Waals surface area contributed by atoms with Crippen LogP contribution < -0.4 is 15.0 Å². The molecule has 0 aliphatic carbocycles. The first-order chi connectivity index (χ1) is 14.5. The number of nitro benzene ring substituents is 1. The summed E-state index contributed by atoms with van der Waals surface area (Å²) in [6.45, 7) is 1.96. The third-order valence-electron chi connectivity index (χ3n) is 4.46. The highest BCUT2D eigenvalue weighted by Gasteiger charge is 2.21. The Balaban J connectivity index is 1.70. The number of nitrogens with one attached hydrogen (secondary N) is 1. The van der Waals surface area contributed by atoms with Gasteiger partial charge in [-0.05, 0) is 24.3 Å². The molecule has 1 saturated heterocycles. The van der Waals surface area contributed by atoms with Gasteiger partial charge in [0.25, 0.3) is 5.91 Å². The Bertz CT molecular complexity index is 942. The molecule has 1 fully saturated rings. The minimum Gasteiger partial charge on any atom is -0.477 e. The zero-order valence-electron chi connectivity index (χ0n) is 16.3. The summed E-state index contributed by atoms with van der Waals surface area (Å²) in [7, 11) is 1.29. The predicted octanol–water partition coefficient (Wildman–Crippen LogP) is 2.24. The lowest BCUT2D eigenvalue weighted by atomic mass is 10.1. The second-order valence-electron chi connectivity index (χ2n) is 6.38. The molecule has 0 aromatic heterocycles. The molecular formula is C20H21N3O7. The average molecular weight is 415 g/mol. The highest BCUT2D eigenvalue weighted by atomic mass is 16.6. The number of morpholine rings is 1. The summed E-state index contributed by atoms with van der Waals surface area (Å²) in [6.07, 6.45) is 0. The molecule has 0 radical (unpaired) electrons. The number of hydrogen-bond donors (Lipinski definition) is 1. The van der Waals surface area contributed by atoms with E-state index in [-0.39, 0.29) is 11.4 Å². The quantitative estimate of drug-likeness (QED) is 0.415. The number of hydrogen-bond acceptors (Lipinski definition) is 8. The third-order valence-corrected chi connectivity index (χ3v) is 4.46. The fraction of sp³-hybridized carbons (Fsp3) is 0.300. The summed E-state index contributed by atoms with van der Waals surface area (Å²) in [5, 5.41) is 13.6. The summed E-state index contributed by atoms with van der Waals surface area (Å²) >= 11 is 0. The number of anilines is 2. The van der Waals surface area contributed by atoms with Gasteiger partial charge < -0.3 is 24.4 Å². The van der Waals surface area contributed by atoms with E-state index in [2.05, 4.69) is 5.32 Å². The van der Waals surface area contributed by atoms with Crippen molar-refractivity contribution in [2.24, 2.45) is 0 Å². The smallest absolute Gasteiger partial charge is 0.340 e. The fourth-order valence-corrected chi connectivity index (χ4v) is 3.04. The van der Waals surface area contributed by atoms with Gasteiger partial charge >= 0.3 is 11.7 Å². The van der Waals surface area contributed by atoms with Crippen molar-refractivity contribution >= 4 is 28.9 Å². The van der Waals surface area contributed by atoms with Crippen LogP contribution in [-0.4, -0.2) is 56.8 Å². The van der Waals surface area contributed by atoms with Gasteiger partial charge in [-0.25, -0.2) is 4.79 Å². The Labute approximate surface area is 172 Å². The standard InChI is InChI=1S/C20H21N3O7/c1-28-20(25)15-12-14(6-7-16(15)22-8-10-29-11-9-22)21-19(24)13-30-18-5-3-2-4-17(18)23(26)27/h2-7,12H,8-11,13H2,1H3,(H,21,24). The SMILES string of the molecule is COC(=O)c1cc(NC(=O)COc2ccccc2[N+](=O)[O-])ccc1N1CCOCC1. The first-order valence-corrected chi connectivity index (χ1v) is 9.20. The van der Waals surface area contributed by atoms with Crippen molar-refractivity contribution in [1.29, 1.82) is 0 Å². The van der Waals surface area contributed by atoms with Crippen LogP contribution in [0.15, 0.2) is 42.5 Å². The number of nitrogens with zero attached hydrogens (tertiary/aromatic N) is 2. The molecule has 3 rings (SSSR count). The zero-order chi connectivity index (χ0) is 21.5. The van der Waals surface area contributed by atoms with Gasteiger partial charge in [0.2, 0.25) is 0 Å². The number of amides is 1. The van der Waals surface area contributed by atoms with E-state index in [0.717, 1.165) is 0 Å². The summed E-state index contributed by atoms with van der Waals surface area (Å²) < 4.78 is 15.5. The van der Waals surface area contributed by atoms with Gasteiger partial charge in [-0.2, -0.15) is 0 Å². The van der Waals surface area contributed by atoms with Gasteiger partial charge in [-0.3, -0.25) is 14.9 Å². The molecule has 2 aromatic rings. The van der Waals surface area contributed by atoms with E-state index >= 15 is 0 Å². The lowest BCUT2D eigenvalue weighted by Crippen LogP contribution is -2.37. The van der Waals surface area contributed by atoms with E-state index in [1.807, 2.05) is 4.90 Å². The highest BCUT2D eigenvalue weighted by Crippen LogP contribution is 2.27. The number of rotatable bonds is 7. The van der Waals surface area contributed by atoms with Crippen molar-refractivity contribution in [2.45, 2.75) is 0 Å². The molecule has 158 valence electrons. The monoisotopic (exact) mass is 415 g/mol. The first-order valence-electron chi connectivity index (χ1n) is 9.20. The molecule has 0 spiro atoms. The van der Waals surface area contributed by atoms with Gasteiger partial charge in [0.15, 0.2) is 12.4 Å². The van der Waals surface area contributed by atoms with E-state index in [0.29, 0.717) is 43.2 Å². The number of esters is 1. The zero-order valence-corrected chi connectivity index (χ0v) is 16.3. The molecule has 10 nitrogen and oxygen atoms in total. The largest absolute Gasteiger partial charge is 0.477 e. The van der Waals surface area contributed by atoms with Crippen molar-refractivity contribution in [1.82, 2.24) is 0 Å². The maximum absolute atomic E-state index is 12.3. The third kappa shape index (κ3) is 5.03. The van der Waals surface area contributed by atoms with E-state index in [4.69, 9.17) is 14.2 Å². The minimum absolute atomic E-state index is 0.00411. The topological polar surface area (TPSA) is 120 Å². The maximum Gasteiger partial charge on any atom is 0.340 e. The van der Waals surface area contributed by atoms with Crippen LogP contribution in [0.5, 0.6) is 5.75 Å². The number of methoxy groups -OCH3 is 1. The molecule has 0 unspecified atom stereocenters. The molecule has 1 heterocycles. The number of ether oxygens (including phenoxy) is 3. The molecule has 1 N–H and O–H groups in total.